The molecule has 0 aromatic carbocycles. The number of amides is 3. The van der Waals surface area contributed by atoms with Gasteiger partial charge in [0.15, 0.2) is 0 Å². The van der Waals surface area contributed by atoms with Crippen LogP contribution in [0.4, 0.5) is 10.6 Å². The molecular weight excluding hydrogens is 354 g/mol. The van der Waals surface area contributed by atoms with Crippen LogP contribution in [-0.2, 0) is 13.1 Å². The Morgan fingerprint density at radius 3 is 2.71 bits per heavy atom. The minimum atomic E-state index is -0.0442. The molecule has 0 N–H and O–H groups in total. The van der Waals surface area contributed by atoms with Crippen molar-refractivity contribution in [2.75, 3.05) is 18.0 Å². The second kappa shape index (κ2) is 6.89. The minimum Gasteiger partial charge on any atom is -0.328 e. The van der Waals surface area contributed by atoms with Crippen molar-refractivity contribution in [3.63, 3.8) is 0 Å². The van der Waals surface area contributed by atoms with E-state index >= 15 is 0 Å². The van der Waals surface area contributed by atoms with Gasteiger partial charge in [0, 0.05) is 38.1 Å². The smallest absolute Gasteiger partial charge is 0.326 e. The first kappa shape index (κ1) is 17.2. The van der Waals surface area contributed by atoms with Crippen LogP contribution < -0.4 is 4.90 Å². The maximum Gasteiger partial charge on any atom is 0.326 e. The second-order valence-electron chi connectivity index (χ2n) is 7.74. The van der Waals surface area contributed by atoms with Gasteiger partial charge in [0.25, 0.3) is 5.91 Å². The predicted octanol–water partition coefficient (Wildman–Crippen LogP) is 2.82. The molecule has 2 aromatic rings. The van der Waals surface area contributed by atoms with E-state index in [1.807, 2.05) is 17.0 Å². The number of pyridine rings is 2. The van der Waals surface area contributed by atoms with Crippen LogP contribution in [0.3, 0.4) is 0 Å². The highest BCUT2D eigenvalue weighted by molar-refractivity contribution is 5.94. The Bertz CT molecular complexity index is 910. The van der Waals surface area contributed by atoms with Crippen LogP contribution in [0.15, 0.2) is 36.7 Å². The first-order valence-electron chi connectivity index (χ1n) is 9.97. The van der Waals surface area contributed by atoms with Crippen molar-refractivity contribution in [2.24, 2.45) is 0 Å². The third kappa shape index (κ3) is 2.91. The van der Waals surface area contributed by atoms with E-state index in [4.69, 9.17) is 4.98 Å². The van der Waals surface area contributed by atoms with Gasteiger partial charge in [0.1, 0.15) is 5.82 Å². The molecule has 0 bridgehead atoms. The number of urea groups is 1. The van der Waals surface area contributed by atoms with Gasteiger partial charge in [0.05, 0.1) is 17.8 Å². The topological polar surface area (TPSA) is 69.6 Å². The first-order valence-corrected chi connectivity index (χ1v) is 9.97. The molecule has 1 saturated carbocycles. The molecule has 2 aromatic heterocycles. The number of rotatable bonds is 3. The number of hydrogen-bond acceptors (Lipinski definition) is 4. The fourth-order valence-electron chi connectivity index (χ4n) is 4.53. The Hall–Kier alpha value is -2.96. The van der Waals surface area contributed by atoms with Crippen LogP contribution >= 0.6 is 0 Å². The van der Waals surface area contributed by atoms with Crippen molar-refractivity contribution in [1.82, 2.24) is 19.8 Å². The number of aromatic nitrogens is 2. The molecule has 28 heavy (non-hydrogen) atoms. The monoisotopic (exact) mass is 377 g/mol. The van der Waals surface area contributed by atoms with Crippen LogP contribution in [0, 0.1) is 0 Å². The molecule has 0 radical (unpaired) electrons. The zero-order valence-corrected chi connectivity index (χ0v) is 15.8. The molecule has 1 saturated heterocycles. The van der Waals surface area contributed by atoms with E-state index in [2.05, 4.69) is 4.98 Å². The number of hydrogen-bond donors (Lipinski definition) is 0. The average Bonchev–Trinajstić information content (AvgIpc) is 3.46. The summed E-state index contributed by atoms with van der Waals surface area (Å²) in [5.74, 6) is 0.650. The van der Waals surface area contributed by atoms with Gasteiger partial charge >= 0.3 is 6.03 Å². The molecular formula is C21H23N5O2. The van der Waals surface area contributed by atoms with Gasteiger partial charge in [-0.05, 0) is 36.6 Å². The molecule has 0 spiro atoms. The van der Waals surface area contributed by atoms with Crippen molar-refractivity contribution in [1.29, 1.82) is 0 Å². The first-order chi connectivity index (χ1) is 13.7. The normalized spacial score (nSPS) is 19.6. The largest absolute Gasteiger partial charge is 0.328 e. The zero-order valence-electron chi connectivity index (χ0n) is 15.8. The lowest BCUT2D eigenvalue weighted by Crippen LogP contribution is -2.38. The summed E-state index contributed by atoms with van der Waals surface area (Å²) in [5.41, 5.74) is 2.50. The lowest BCUT2D eigenvalue weighted by Gasteiger charge is -2.24. The molecule has 144 valence electrons. The third-order valence-corrected chi connectivity index (χ3v) is 6.03. The van der Waals surface area contributed by atoms with Gasteiger partial charge in [-0.25, -0.2) is 9.78 Å². The summed E-state index contributed by atoms with van der Waals surface area (Å²) in [5, 5.41) is 0. The molecule has 2 aliphatic heterocycles. The summed E-state index contributed by atoms with van der Waals surface area (Å²) in [7, 11) is 0. The molecule has 0 atom stereocenters. The van der Waals surface area contributed by atoms with Crippen LogP contribution in [0.5, 0.6) is 0 Å². The Labute approximate surface area is 164 Å². The van der Waals surface area contributed by atoms with Gasteiger partial charge in [-0.1, -0.05) is 18.9 Å². The highest BCUT2D eigenvalue weighted by atomic mass is 16.2. The summed E-state index contributed by atoms with van der Waals surface area (Å²) >= 11 is 0. The van der Waals surface area contributed by atoms with Gasteiger partial charge in [-0.2, -0.15) is 0 Å². The molecule has 7 nitrogen and oxygen atoms in total. The van der Waals surface area contributed by atoms with Crippen LogP contribution in [0.1, 0.15) is 47.3 Å². The van der Waals surface area contributed by atoms with Crippen LogP contribution in [0.2, 0.25) is 0 Å². The fourth-order valence-corrected chi connectivity index (χ4v) is 4.53. The molecule has 4 heterocycles. The van der Waals surface area contributed by atoms with E-state index in [1.54, 1.807) is 34.3 Å². The molecule has 2 fully saturated rings. The van der Waals surface area contributed by atoms with E-state index in [9.17, 15) is 9.59 Å². The highest BCUT2D eigenvalue weighted by Gasteiger charge is 2.36. The quantitative estimate of drug-likeness (QED) is 0.825. The predicted molar refractivity (Wildman–Crippen MR) is 104 cm³/mol. The summed E-state index contributed by atoms with van der Waals surface area (Å²) in [4.78, 5) is 39.9. The molecule has 0 unspecified atom stereocenters. The third-order valence-electron chi connectivity index (χ3n) is 6.03. The van der Waals surface area contributed by atoms with E-state index in [0.29, 0.717) is 37.1 Å². The van der Waals surface area contributed by atoms with Crippen molar-refractivity contribution in [3.8, 4) is 0 Å². The Morgan fingerprint density at radius 1 is 1.07 bits per heavy atom. The standard InChI is InChI=1S/C21H23N5O2/c27-20(15-4-3-9-22-12-15)24-13-16-7-8-19(23-18(16)14-24)26-11-10-25(21(26)28)17-5-1-2-6-17/h3-4,7-9,12,17H,1-2,5-6,10-11,13-14H2. The number of fused-ring (bicyclic) bond motifs is 1. The van der Waals surface area contributed by atoms with Gasteiger partial charge < -0.3 is 9.80 Å². The Balaban J connectivity index is 1.32. The molecule has 5 rings (SSSR count). The summed E-state index contributed by atoms with van der Waals surface area (Å²) in [6.45, 7) is 2.46. The summed E-state index contributed by atoms with van der Waals surface area (Å²) in [6.07, 6.45) is 7.90. The summed E-state index contributed by atoms with van der Waals surface area (Å²) < 4.78 is 0. The minimum absolute atomic E-state index is 0.0442. The second-order valence-corrected chi connectivity index (χ2v) is 7.74. The Kier molecular flexibility index (Phi) is 4.22. The number of carbonyl (C=O) groups is 2. The van der Waals surface area contributed by atoms with Crippen LogP contribution in [0.25, 0.3) is 0 Å². The average molecular weight is 377 g/mol. The van der Waals surface area contributed by atoms with E-state index in [1.165, 1.54) is 12.8 Å². The maximum absolute atomic E-state index is 12.9. The number of nitrogens with zero attached hydrogens (tertiary/aromatic N) is 5. The van der Waals surface area contributed by atoms with Crippen molar-refractivity contribution in [3.05, 3.63) is 53.5 Å². The van der Waals surface area contributed by atoms with Gasteiger partial charge in [0.2, 0.25) is 0 Å². The summed E-state index contributed by atoms with van der Waals surface area (Å²) in [6, 6.07) is 7.91. The van der Waals surface area contributed by atoms with Crippen LogP contribution in [-0.4, -0.2) is 50.8 Å². The van der Waals surface area contributed by atoms with Crippen molar-refractivity contribution >= 4 is 17.8 Å². The van der Waals surface area contributed by atoms with E-state index in [0.717, 1.165) is 30.6 Å². The van der Waals surface area contributed by atoms with E-state index < -0.39 is 0 Å². The lowest BCUT2D eigenvalue weighted by molar-refractivity contribution is 0.0750. The molecule has 7 heteroatoms. The highest BCUT2D eigenvalue weighted by Crippen LogP contribution is 2.30. The molecule has 3 amide bonds. The Morgan fingerprint density at radius 2 is 1.93 bits per heavy atom. The maximum atomic E-state index is 12.9. The van der Waals surface area contributed by atoms with Gasteiger partial charge in [-0.3, -0.25) is 14.7 Å². The fraction of sp³-hybridized carbons (Fsp3) is 0.429. The van der Waals surface area contributed by atoms with Crippen molar-refractivity contribution < 1.29 is 9.59 Å². The SMILES string of the molecule is O=C(c1cccnc1)N1Cc2ccc(N3CCN(C4CCCC4)C3=O)nc2C1. The van der Waals surface area contributed by atoms with E-state index in [-0.39, 0.29) is 11.9 Å². The van der Waals surface area contributed by atoms with Gasteiger partial charge in [-0.15, -0.1) is 0 Å². The number of carbonyl (C=O) groups excluding carboxylic acids is 2. The number of anilines is 1. The molecule has 3 aliphatic rings. The van der Waals surface area contributed by atoms with Crippen molar-refractivity contribution in [2.45, 2.75) is 44.8 Å². The molecule has 1 aliphatic carbocycles. The lowest BCUT2D eigenvalue weighted by atomic mass is 10.2. The zero-order chi connectivity index (χ0) is 19.1.